The molecule has 0 aliphatic carbocycles. The van der Waals surface area contributed by atoms with E-state index < -0.39 is 24.0 Å². The summed E-state index contributed by atoms with van der Waals surface area (Å²) in [4.78, 5) is 35.4. The number of hydrogen-bond acceptors (Lipinski definition) is 3. The van der Waals surface area contributed by atoms with Gasteiger partial charge in [-0.25, -0.2) is 4.79 Å². The predicted molar refractivity (Wildman–Crippen MR) is 79.1 cm³/mol. The Morgan fingerprint density at radius 2 is 1.95 bits per heavy atom. The molecule has 0 aliphatic heterocycles. The van der Waals surface area contributed by atoms with Crippen molar-refractivity contribution in [2.75, 3.05) is 0 Å². The van der Waals surface area contributed by atoms with Crippen molar-refractivity contribution < 1.29 is 14.7 Å². The highest BCUT2D eigenvalue weighted by molar-refractivity contribution is 5.86. The monoisotopic (exact) mass is 294 g/mol. The van der Waals surface area contributed by atoms with Crippen molar-refractivity contribution in [1.82, 2.24) is 9.88 Å². The van der Waals surface area contributed by atoms with Crippen molar-refractivity contribution in [3.8, 4) is 0 Å². The van der Waals surface area contributed by atoms with E-state index in [4.69, 9.17) is 0 Å². The number of aliphatic carboxylic acids is 1. The van der Waals surface area contributed by atoms with Crippen molar-refractivity contribution in [3.05, 3.63) is 34.7 Å². The highest BCUT2D eigenvalue weighted by Gasteiger charge is 2.28. The third-order valence-corrected chi connectivity index (χ3v) is 3.65. The molecule has 6 nitrogen and oxygen atoms in total. The molecule has 1 aromatic heterocycles. The fraction of sp³-hybridized carbons (Fsp3) is 0.533. The second kappa shape index (κ2) is 7.61. The van der Waals surface area contributed by atoms with Crippen molar-refractivity contribution >= 4 is 11.9 Å². The van der Waals surface area contributed by atoms with Crippen molar-refractivity contribution in [1.29, 1.82) is 0 Å². The highest BCUT2D eigenvalue weighted by atomic mass is 16.4. The molecule has 0 radical (unpaired) electrons. The van der Waals surface area contributed by atoms with Gasteiger partial charge in [0.05, 0.1) is 0 Å². The van der Waals surface area contributed by atoms with Gasteiger partial charge in [0.1, 0.15) is 12.1 Å². The fourth-order valence-electron chi connectivity index (χ4n) is 2.14. The number of nitrogens with zero attached hydrogens (tertiary/aromatic N) is 1. The Morgan fingerprint density at radius 3 is 2.43 bits per heavy atom. The minimum absolute atomic E-state index is 0.184. The molecule has 1 rings (SSSR count). The molecule has 0 bridgehead atoms. The minimum atomic E-state index is -1.06. The Kier molecular flexibility index (Phi) is 6.14. The number of aromatic nitrogens is 1. The SMILES string of the molecule is CCC(C)C(NC(=O)C(CC)n1ccccc1=O)C(=O)O. The van der Waals surface area contributed by atoms with E-state index in [9.17, 15) is 19.5 Å². The summed E-state index contributed by atoms with van der Waals surface area (Å²) in [6, 6.07) is 2.99. The van der Waals surface area contributed by atoms with Crippen LogP contribution >= 0.6 is 0 Å². The van der Waals surface area contributed by atoms with E-state index >= 15 is 0 Å². The summed E-state index contributed by atoms with van der Waals surface area (Å²) in [5.41, 5.74) is -0.282. The molecule has 116 valence electrons. The first-order chi connectivity index (χ1) is 9.92. The van der Waals surface area contributed by atoms with Gasteiger partial charge in [-0.2, -0.15) is 0 Å². The first-order valence-corrected chi connectivity index (χ1v) is 7.12. The molecular formula is C15H22N2O4. The minimum Gasteiger partial charge on any atom is -0.480 e. The third-order valence-electron chi connectivity index (χ3n) is 3.65. The lowest BCUT2D eigenvalue weighted by molar-refractivity contribution is -0.143. The van der Waals surface area contributed by atoms with Crippen LogP contribution in [0.25, 0.3) is 0 Å². The zero-order chi connectivity index (χ0) is 16.0. The second-order valence-corrected chi connectivity index (χ2v) is 5.08. The summed E-state index contributed by atoms with van der Waals surface area (Å²) in [6.07, 6.45) is 2.58. The maximum Gasteiger partial charge on any atom is 0.326 e. The van der Waals surface area contributed by atoms with Crippen LogP contribution in [0.15, 0.2) is 29.2 Å². The van der Waals surface area contributed by atoms with Gasteiger partial charge in [0.2, 0.25) is 5.91 Å². The summed E-state index contributed by atoms with van der Waals surface area (Å²) >= 11 is 0. The lowest BCUT2D eigenvalue weighted by atomic mass is 9.98. The van der Waals surface area contributed by atoms with Gasteiger partial charge in [-0.3, -0.25) is 9.59 Å². The number of carboxylic acids is 1. The van der Waals surface area contributed by atoms with Crippen LogP contribution in [-0.2, 0) is 9.59 Å². The predicted octanol–water partition coefficient (Wildman–Crippen LogP) is 1.41. The number of hydrogen-bond donors (Lipinski definition) is 2. The Bertz CT molecular complexity index is 553. The number of nitrogens with one attached hydrogen (secondary N) is 1. The van der Waals surface area contributed by atoms with Crippen molar-refractivity contribution in [3.63, 3.8) is 0 Å². The van der Waals surface area contributed by atoms with Gasteiger partial charge < -0.3 is 15.0 Å². The molecule has 21 heavy (non-hydrogen) atoms. The van der Waals surface area contributed by atoms with E-state index in [-0.39, 0.29) is 11.5 Å². The number of rotatable bonds is 7. The molecular weight excluding hydrogens is 272 g/mol. The molecule has 0 spiro atoms. The molecule has 1 heterocycles. The smallest absolute Gasteiger partial charge is 0.326 e. The largest absolute Gasteiger partial charge is 0.480 e. The normalized spacial score (nSPS) is 15.0. The fourth-order valence-corrected chi connectivity index (χ4v) is 2.14. The van der Waals surface area contributed by atoms with Gasteiger partial charge in [-0.1, -0.05) is 33.3 Å². The third kappa shape index (κ3) is 4.18. The highest BCUT2D eigenvalue weighted by Crippen LogP contribution is 2.13. The standard InChI is InChI=1S/C15H22N2O4/c1-4-10(3)13(15(20)21)16-14(19)11(5-2)17-9-7-6-8-12(17)18/h6-11,13H,4-5H2,1-3H3,(H,16,19)(H,20,21). The quantitative estimate of drug-likeness (QED) is 0.796. The van der Waals surface area contributed by atoms with Crippen molar-refractivity contribution in [2.24, 2.45) is 5.92 Å². The van der Waals surface area contributed by atoms with Gasteiger partial charge >= 0.3 is 5.97 Å². The van der Waals surface area contributed by atoms with E-state index in [1.54, 1.807) is 26.0 Å². The number of carbonyl (C=O) groups excluding carboxylic acids is 1. The molecule has 0 fully saturated rings. The van der Waals surface area contributed by atoms with Crippen LogP contribution in [0.2, 0.25) is 0 Å². The summed E-state index contributed by atoms with van der Waals surface area (Å²) in [7, 11) is 0. The maximum atomic E-state index is 12.3. The van der Waals surface area contributed by atoms with Gasteiger partial charge in [0.15, 0.2) is 0 Å². The van der Waals surface area contributed by atoms with Gasteiger partial charge in [-0.05, 0) is 18.4 Å². The summed E-state index contributed by atoms with van der Waals surface area (Å²) < 4.78 is 1.32. The van der Waals surface area contributed by atoms with Crippen LogP contribution < -0.4 is 10.9 Å². The van der Waals surface area contributed by atoms with E-state index in [2.05, 4.69) is 5.32 Å². The number of carboxylic acid groups (broad SMARTS) is 1. The molecule has 3 unspecified atom stereocenters. The van der Waals surface area contributed by atoms with E-state index in [0.717, 1.165) is 0 Å². The zero-order valence-electron chi connectivity index (χ0n) is 12.6. The van der Waals surface area contributed by atoms with Crippen molar-refractivity contribution in [2.45, 2.75) is 45.7 Å². The van der Waals surface area contributed by atoms with Crippen LogP contribution in [0.5, 0.6) is 0 Å². The van der Waals surface area contributed by atoms with E-state index in [0.29, 0.717) is 12.8 Å². The lowest BCUT2D eigenvalue weighted by Gasteiger charge is -2.24. The Labute approximate surface area is 123 Å². The van der Waals surface area contributed by atoms with Crippen LogP contribution in [0, 0.1) is 5.92 Å². The molecule has 0 aliphatic rings. The Morgan fingerprint density at radius 1 is 1.29 bits per heavy atom. The molecule has 6 heteroatoms. The average Bonchev–Trinajstić information content (AvgIpc) is 2.46. The van der Waals surface area contributed by atoms with Crippen LogP contribution in [0.4, 0.5) is 0 Å². The Balaban J connectivity index is 2.97. The first kappa shape index (κ1) is 16.9. The maximum absolute atomic E-state index is 12.3. The molecule has 3 atom stereocenters. The second-order valence-electron chi connectivity index (χ2n) is 5.08. The molecule has 0 saturated carbocycles. The van der Waals surface area contributed by atoms with Crippen LogP contribution in [0.1, 0.15) is 39.7 Å². The molecule has 0 aromatic carbocycles. The molecule has 0 saturated heterocycles. The number of pyridine rings is 1. The molecule has 1 amide bonds. The summed E-state index contributed by atoms with van der Waals surface area (Å²) in [5.74, 6) is -1.69. The van der Waals surface area contributed by atoms with Gasteiger partial charge in [0, 0.05) is 12.3 Å². The summed E-state index contributed by atoms with van der Waals surface area (Å²) in [5, 5.41) is 11.8. The van der Waals surface area contributed by atoms with Gasteiger partial charge in [-0.15, -0.1) is 0 Å². The lowest BCUT2D eigenvalue weighted by Crippen LogP contribution is -2.48. The zero-order valence-corrected chi connectivity index (χ0v) is 12.6. The number of carbonyl (C=O) groups is 2. The topological polar surface area (TPSA) is 88.4 Å². The summed E-state index contributed by atoms with van der Waals surface area (Å²) in [6.45, 7) is 5.42. The van der Waals surface area contributed by atoms with Gasteiger partial charge in [0.25, 0.3) is 5.56 Å². The number of amides is 1. The Hall–Kier alpha value is -2.11. The van der Waals surface area contributed by atoms with E-state index in [1.807, 2.05) is 6.92 Å². The van der Waals surface area contributed by atoms with Crippen LogP contribution in [-0.4, -0.2) is 27.6 Å². The first-order valence-electron chi connectivity index (χ1n) is 7.12. The molecule has 1 aromatic rings. The molecule has 2 N–H and O–H groups in total. The van der Waals surface area contributed by atoms with Crippen LogP contribution in [0.3, 0.4) is 0 Å². The average molecular weight is 294 g/mol. The van der Waals surface area contributed by atoms with E-state index in [1.165, 1.54) is 16.8 Å².